The maximum atomic E-state index is 10.6. The number of nitrogens with zero attached hydrogens (tertiary/aromatic N) is 1. The van der Waals surface area contributed by atoms with Gasteiger partial charge in [0.15, 0.2) is 6.39 Å². The second kappa shape index (κ2) is 4.44. The van der Waals surface area contributed by atoms with Crippen molar-refractivity contribution in [1.82, 2.24) is 10.3 Å². The molecule has 1 fully saturated rings. The number of rotatable bonds is 3. The molecule has 0 spiro atoms. The van der Waals surface area contributed by atoms with Gasteiger partial charge in [0.25, 0.3) is 0 Å². The molecular weight excluding hydrogens is 196 g/mol. The molecule has 2 heterocycles. The molecule has 1 aromatic rings. The number of aromatic nitrogens is 1. The number of aliphatic carboxylic acids is 1. The smallest absolute Gasteiger partial charge is 0.303 e. The van der Waals surface area contributed by atoms with E-state index in [1.54, 1.807) is 6.26 Å². The van der Waals surface area contributed by atoms with Crippen LogP contribution >= 0.6 is 0 Å². The zero-order valence-electron chi connectivity index (χ0n) is 8.35. The highest BCUT2D eigenvalue weighted by Gasteiger charge is 2.25. The number of hydrogen-bond donors (Lipinski definition) is 2. The Hall–Kier alpha value is -1.36. The van der Waals surface area contributed by atoms with Crippen molar-refractivity contribution < 1.29 is 14.3 Å². The third kappa shape index (κ3) is 2.56. The zero-order valence-corrected chi connectivity index (χ0v) is 8.35. The number of carboxylic acids is 1. The van der Waals surface area contributed by atoms with Crippen molar-refractivity contribution in [2.45, 2.75) is 25.3 Å². The number of piperidine rings is 1. The van der Waals surface area contributed by atoms with Gasteiger partial charge in [-0.05, 0) is 25.3 Å². The van der Waals surface area contributed by atoms with Gasteiger partial charge in [-0.3, -0.25) is 4.79 Å². The van der Waals surface area contributed by atoms with Gasteiger partial charge in [0, 0.05) is 6.42 Å². The van der Waals surface area contributed by atoms with Gasteiger partial charge in [-0.15, -0.1) is 0 Å². The van der Waals surface area contributed by atoms with Gasteiger partial charge in [0.1, 0.15) is 6.26 Å². The first kappa shape index (κ1) is 10.2. The molecule has 15 heavy (non-hydrogen) atoms. The lowest BCUT2D eigenvalue weighted by atomic mass is 9.89. The number of carbonyl (C=O) groups is 1. The summed E-state index contributed by atoms with van der Waals surface area (Å²) in [7, 11) is 0. The standard InChI is InChI=1S/C10H14N2O3/c13-10(14)4-7-1-2-11-8(3-7)9-5-15-6-12-9/h5-8,11H,1-4H2,(H,13,14). The SMILES string of the molecule is O=C(O)CC1CCNC(c2cocn2)C1. The van der Waals surface area contributed by atoms with Gasteiger partial charge in [-0.1, -0.05) is 0 Å². The van der Waals surface area contributed by atoms with Crippen LogP contribution in [-0.2, 0) is 4.79 Å². The fraction of sp³-hybridized carbons (Fsp3) is 0.600. The molecule has 1 aliphatic heterocycles. The van der Waals surface area contributed by atoms with Gasteiger partial charge in [0.2, 0.25) is 0 Å². The Morgan fingerprint density at radius 2 is 2.60 bits per heavy atom. The summed E-state index contributed by atoms with van der Waals surface area (Å²) in [6.45, 7) is 0.843. The van der Waals surface area contributed by atoms with E-state index in [0.717, 1.165) is 25.1 Å². The van der Waals surface area contributed by atoms with E-state index in [1.807, 2.05) is 0 Å². The van der Waals surface area contributed by atoms with Crippen molar-refractivity contribution in [1.29, 1.82) is 0 Å². The van der Waals surface area contributed by atoms with E-state index in [9.17, 15) is 4.79 Å². The highest BCUT2D eigenvalue weighted by atomic mass is 16.4. The molecular formula is C10H14N2O3. The summed E-state index contributed by atoms with van der Waals surface area (Å²) >= 11 is 0. The Bertz CT molecular complexity index is 323. The average Bonchev–Trinajstić information content (AvgIpc) is 2.69. The van der Waals surface area contributed by atoms with Crippen LogP contribution in [0.3, 0.4) is 0 Å². The van der Waals surface area contributed by atoms with E-state index in [0.29, 0.717) is 0 Å². The zero-order chi connectivity index (χ0) is 10.7. The molecule has 2 rings (SSSR count). The minimum absolute atomic E-state index is 0.141. The van der Waals surface area contributed by atoms with Crippen LogP contribution in [0.5, 0.6) is 0 Å². The van der Waals surface area contributed by atoms with Crippen molar-refractivity contribution in [2.75, 3.05) is 6.54 Å². The molecule has 1 saturated heterocycles. The summed E-state index contributed by atoms with van der Waals surface area (Å²) < 4.78 is 4.92. The van der Waals surface area contributed by atoms with Crippen LogP contribution in [0.2, 0.25) is 0 Å². The number of oxazole rings is 1. The maximum Gasteiger partial charge on any atom is 0.303 e. The molecule has 5 heteroatoms. The molecule has 5 nitrogen and oxygen atoms in total. The van der Waals surface area contributed by atoms with Gasteiger partial charge in [0.05, 0.1) is 11.7 Å². The van der Waals surface area contributed by atoms with Crippen molar-refractivity contribution in [3.8, 4) is 0 Å². The lowest BCUT2D eigenvalue weighted by Crippen LogP contribution is -2.32. The predicted molar refractivity (Wildman–Crippen MR) is 52.2 cm³/mol. The summed E-state index contributed by atoms with van der Waals surface area (Å²) in [5.74, 6) is -0.480. The van der Waals surface area contributed by atoms with Gasteiger partial charge in [-0.2, -0.15) is 0 Å². The molecule has 0 radical (unpaired) electrons. The summed E-state index contributed by atoms with van der Waals surface area (Å²) in [6.07, 6.45) is 4.99. The fourth-order valence-electron chi connectivity index (χ4n) is 2.05. The lowest BCUT2D eigenvalue weighted by Gasteiger charge is -2.28. The van der Waals surface area contributed by atoms with E-state index >= 15 is 0 Å². The Labute approximate surface area is 87.5 Å². The first-order valence-electron chi connectivity index (χ1n) is 5.09. The highest BCUT2D eigenvalue weighted by Crippen LogP contribution is 2.28. The third-order valence-corrected chi connectivity index (χ3v) is 2.78. The Morgan fingerprint density at radius 3 is 3.27 bits per heavy atom. The topological polar surface area (TPSA) is 75.4 Å². The Balaban J connectivity index is 1.95. The van der Waals surface area contributed by atoms with Crippen LogP contribution in [0.25, 0.3) is 0 Å². The molecule has 2 N–H and O–H groups in total. The Morgan fingerprint density at radius 1 is 1.73 bits per heavy atom. The van der Waals surface area contributed by atoms with E-state index in [2.05, 4.69) is 10.3 Å². The van der Waals surface area contributed by atoms with Gasteiger partial charge in [-0.25, -0.2) is 4.98 Å². The third-order valence-electron chi connectivity index (χ3n) is 2.78. The van der Waals surface area contributed by atoms with Crippen LogP contribution in [-0.4, -0.2) is 22.6 Å². The molecule has 0 saturated carbocycles. The van der Waals surface area contributed by atoms with Crippen LogP contribution in [0.15, 0.2) is 17.1 Å². The van der Waals surface area contributed by atoms with E-state index < -0.39 is 5.97 Å². The number of hydrogen-bond acceptors (Lipinski definition) is 4. The monoisotopic (exact) mass is 210 g/mol. The first-order chi connectivity index (χ1) is 7.25. The quantitative estimate of drug-likeness (QED) is 0.783. The molecule has 0 bridgehead atoms. The second-order valence-corrected chi connectivity index (χ2v) is 3.91. The van der Waals surface area contributed by atoms with E-state index in [-0.39, 0.29) is 18.4 Å². The van der Waals surface area contributed by atoms with Crippen LogP contribution in [0, 0.1) is 5.92 Å². The van der Waals surface area contributed by atoms with Crippen LogP contribution in [0.4, 0.5) is 0 Å². The minimum Gasteiger partial charge on any atom is -0.481 e. The highest BCUT2D eigenvalue weighted by molar-refractivity contribution is 5.67. The lowest BCUT2D eigenvalue weighted by molar-refractivity contribution is -0.138. The number of nitrogens with one attached hydrogen (secondary N) is 1. The van der Waals surface area contributed by atoms with Gasteiger partial charge >= 0.3 is 5.97 Å². The molecule has 1 aliphatic rings. The molecule has 0 amide bonds. The minimum atomic E-state index is -0.721. The number of carboxylic acid groups (broad SMARTS) is 1. The van der Waals surface area contributed by atoms with Gasteiger partial charge < -0.3 is 14.8 Å². The molecule has 82 valence electrons. The van der Waals surface area contributed by atoms with Crippen LogP contribution in [0.1, 0.15) is 31.0 Å². The first-order valence-corrected chi connectivity index (χ1v) is 5.09. The molecule has 1 aromatic heterocycles. The fourth-order valence-corrected chi connectivity index (χ4v) is 2.05. The summed E-state index contributed by atoms with van der Waals surface area (Å²) in [6, 6.07) is 0.141. The summed E-state index contributed by atoms with van der Waals surface area (Å²) in [5.41, 5.74) is 0.866. The molecule has 0 aromatic carbocycles. The van der Waals surface area contributed by atoms with Crippen molar-refractivity contribution >= 4 is 5.97 Å². The van der Waals surface area contributed by atoms with E-state index in [1.165, 1.54) is 6.39 Å². The molecule has 0 aliphatic carbocycles. The predicted octanol–water partition coefficient (Wildman–Crippen LogP) is 1.19. The summed E-state index contributed by atoms with van der Waals surface area (Å²) in [5, 5.41) is 12.0. The average molecular weight is 210 g/mol. The molecule has 2 atom stereocenters. The summed E-state index contributed by atoms with van der Waals surface area (Å²) in [4.78, 5) is 14.7. The van der Waals surface area contributed by atoms with E-state index in [4.69, 9.17) is 9.52 Å². The largest absolute Gasteiger partial charge is 0.481 e. The van der Waals surface area contributed by atoms with Crippen molar-refractivity contribution in [3.05, 3.63) is 18.4 Å². The maximum absolute atomic E-state index is 10.6. The van der Waals surface area contributed by atoms with Crippen LogP contribution < -0.4 is 5.32 Å². The van der Waals surface area contributed by atoms with Crippen molar-refractivity contribution in [2.24, 2.45) is 5.92 Å². The second-order valence-electron chi connectivity index (χ2n) is 3.91. The normalized spacial score (nSPS) is 26.4. The Kier molecular flexibility index (Phi) is 3.01. The molecule has 2 unspecified atom stereocenters. The van der Waals surface area contributed by atoms with Crippen molar-refractivity contribution in [3.63, 3.8) is 0 Å².